The molecule has 1 aromatic carbocycles. The van der Waals surface area contributed by atoms with Crippen LogP contribution in [0.25, 0.3) is 0 Å². The Morgan fingerprint density at radius 1 is 1.00 bits per heavy atom. The van der Waals surface area contributed by atoms with E-state index in [2.05, 4.69) is 0 Å². The van der Waals surface area contributed by atoms with Gasteiger partial charge in [-0.25, -0.2) is 0 Å². The zero-order valence-corrected chi connectivity index (χ0v) is 15.1. The van der Waals surface area contributed by atoms with Crippen LogP contribution in [-0.2, 0) is 9.53 Å². The van der Waals surface area contributed by atoms with Crippen LogP contribution in [0.2, 0.25) is 0 Å². The average Bonchev–Trinajstić information content (AvgIpc) is 2.76. The molecular weight excluding hydrogens is 328 g/mol. The number of carbonyl (C=O) groups excluding carboxylic acids is 3. The van der Waals surface area contributed by atoms with Gasteiger partial charge in [0.05, 0.1) is 46.5 Å². The standard InChI is InChI=1S/C17H23N2O6/c1-19(2,3)6-7-25-15(20)10-18-16(21)11-8-13(23-4)14(24-5)9-12(11)17(18)22/h8-9H,6-7,10H2,1-5H3/q+1. The second-order valence-corrected chi connectivity index (χ2v) is 6.68. The van der Waals surface area contributed by atoms with Crippen molar-refractivity contribution in [3.63, 3.8) is 0 Å². The number of quaternary nitrogens is 1. The fourth-order valence-corrected chi connectivity index (χ4v) is 2.37. The number of rotatable bonds is 7. The van der Waals surface area contributed by atoms with Crippen molar-refractivity contribution >= 4 is 17.8 Å². The predicted molar refractivity (Wildman–Crippen MR) is 88.8 cm³/mol. The van der Waals surface area contributed by atoms with Gasteiger partial charge in [-0.2, -0.15) is 0 Å². The van der Waals surface area contributed by atoms with Gasteiger partial charge in [0.2, 0.25) is 0 Å². The molecule has 2 rings (SSSR count). The molecule has 2 amide bonds. The molecule has 8 heteroatoms. The smallest absolute Gasteiger partial charge is 0.326 e. The van der Waals surface area contributed by atoms with Gasteiger partial charge in [-0.15, -0.1) is 0 Å². The number of fused-ring (bicyclic) bond motifs is 1. The van der Waals surface area contributed by atoms with E-state index in [9.17, 15) is 14.4 Å². The van der Waals surface area contributed by atoms with E-state index in [0.29, 0.717) is 22.5 Å². The van der Waals surface area contributed by atoms with Crippen molar-refractivity contribution in [3.8, 4) is 11.5 Å². The summed E-state index contributed by atoms with van der Waals surface area (Å²) in [4.78, 5) is 37.7. The first-order valence-corrected chi connectivity index (χ1v) is 7.76. The normalized spacial score (nSPS) is 13.7. The number of methoxy groups -OCH3 is 2. The third kappa shape index (κ3) is 4.08. The lowest BCUT2D eigenvalue weighted by molar-refractivity contribution is -0.870. The number of carbonyl (C=O) groups is 3. The molecule has 1 aliphatic rings. The van der Waals surface area contributed by atoms with Crippen molar-refractivity contribution in [2.24, 2.45) is 0 Å². The highest BCUT2D eigenvalue weighted by Gasteiger charge is 2.38. The summed E-state index contributed by atoms with van der Waals surface area (Å²) in [7, 11) is 8.79. The lowest BCUT2D eigenvalue weighted by Crippen LogP contribution is -2.40. The molecular formula is C17H23N2O6+. The van der Waals surface area contributed by atoms with Crippen molar-refractivity contribution in [1.29, 1.82) is 0 Å². The fourth-order valence-electron chi connectivity index (χ4n) is 2.37. The van der Waals surface area contributed by atoms with Crippen molar-refractivity contribution < 1.29 is 33.1 Å². The van der Waals surface area contributed by atoms with E-state index in [0.717, 1.165) is 4.90 Å². The summed E-state index contributed by atoms with van der Waals surface area (Å²) in [5.41, 5.74) is 0.364. The fraction of sp³-hybridized carbons (Fsp3) is 0.471. The van der Waals surface area contributed by atoms with E-state index in [1.165, 1.54) is 26.4 Å². The number of benzene rings is 1. The van der Waals surface area contributed by atoms with Crippen LogP contribution in [0, 0.1) is 0 Å². The Morgan fingerprint density at radius 2 is 1.48 bits per heavy atom. The number of amides is 2. The van der Waals surface area contributed by atoms with Crippen molar-refractivity contribution in [2.45, 2.75) is 0 Å². The molecule has 0 saturated heterocycles. The van der Waals surface area contributed by atoms with Crippen molar-refractivity contribution in [1.82, 2.24) is 4.90 Å². The molecule has 136 valence electrons. The molecule has 0 fully saturated rings. The summed E-state index contributed by atoms with van der Waals surface area (Å²) in [6.07, 6.45) is 0. The first-order valence-electron chi connectivity index (χ1n) is 7.76. The third-order valence-electron chi connectivity index (χ3n) is 3.79. The second-order valence-electron chi connectivity index (χ2n) is 6.68. The maximum Gasteiger partial charge on any atom is 0.326 e. The highest BCUT2D eigenvalue weighted by molar-refractivity contribution is 6.22. The summed E-state index contributed by atoms with van der Waals surface area (Å²) in [6, 6.07) is 2.88. The number of ether oxygens (including phenoxy) is 3. The van der Waals surface area contributed by atoms with Crippen LogP contribution < -0.4 is 9.47 Å². The molecule has 0 bridgehead atoms. The first kappa shape index (κ1) is 18.7. The average molecular weight is 351 g/mol. The molecule has 0 aliphatic carbocycles. The van der Waals surface area contributed by atoms with Gasteiger partial charge in [-0.1, -0.05) is 0 Å². The highest BCUT2D eigenvalue weighted by atomic mass is 16.5. The lowest BCUT2D eigenvalue weighted by Gasteiger charge is -2.23. The molecule has 1 heterocycles. The summed E-state index contributed by atoms with van der Waals surface area (Å²) in [5.74, 6) is -1.04. The number of hydrogen-bond donors (Lipinski definition) is 0. The molecule has 0 N–H and O–H groups in total. The van der Waals surface area contributed by atoms with E-state index >= 15 is 0 Å². The van der Waals surface area contributed by atoms with Crippen LogP contribution in [0.3, 0.4) is 0 Å². The highest BCUT2D eigenvalue weighted by Crippen LogP contribution is 2.34. The van der Waals surface area contributed by atoms with Gasteiger partial charge in [-0.3, -0.25) is 19.3 Å². The number of nitrogens with zero attached hydrogens (tertiary/aromatic N) is 2. The number of imide groups is 1. The van der Waals surface area contributed by atoms with Crippen LogP contribution in [0.1, 0.15) is 20.7 Å². The van der Waals surface area contributed by atoms with Gasteiger partial charge >= 0.3 is 5.97 Å². The van der Waals surface area contributed by atoms with Gasteiger partial charge in [0.25, 0.3) is 11.8 Å². The van der Waals surface area contributed by atoms with Crippen LogP contribution in [0.4, 0.5) is 0 Å². The van der Waals surface area contributed by atoms with Crippen molar-refractivity contribution in [2.75, 3.05) is 55.1 Å². The molecule has 0 unspecified atom stereocenters. The first-order chi connectivity index (χ1) is 11.7. The maximum atomic E-state index is 12.4. The van der Waals surface area contributed by atoms with Crippen molar-refractivity contribution in [3.05, 3.63) is 23.3 Å². The molecule has 0 atom stereocenters. The summed E-state index contributed by atoms with van der Waals surface area (Å²) in [5, 5.41) is 0. The summed E-state index contributed by atoms with van der Waals surface area (Å²) in [6.45, 7) is 0.420. The minimum Gasteiger partial charge on any atom is -0.493 e. The van der Waals surface area contributed by atoms with Crippen LogP contribution in [-0.4, -0.2) is 82.2 Å². The van der Waals surface area contributed by atoms with Gasteiger partial charge in [-0.05, 0) is 12.1 Å². The van der Waals surface area contributed by atoms with Crippen LogP contribution >= 0.6 is 0 Å². The minimum absolute atomic E-state index is 0.182. The second kappa shape index (κ2) is 7.10. The monoisotopic (exact) mass is 351 g/mol. The van der Waals surface area contributed by atoms with E-state index in [1.54, 1.807) is 0 Å². The van der Waals surface area contributed by atoms with Crippen LogP contribution in [0.15, 0.2) is 12.1 Å². The van der Waals surface area contributed by atoms with Gasteiger partial charge in [0.1, 0.15) is 19.7 Å². The van der Waals surface area contributed by atoms with Gasteiger partial charge in [0.15, 0.2) is 11.5 Å². The zero-order valence-electron chi connectivity index (χ0n) is 15.1. The Labute approximate surface area is 146 Å². The quantitative estimate of drug-likeness (QED) is 0.405. The Hall–Kier alpha value is -2.61. The van der Waals surface area contributed by atoms with E-state index in [1.807, 2.05) is 21.1 Å². The Balaban J connectivity index is 2.10. The predicted octanol–water partition coefficient (Wildman–Crippen LogP) is 0.549. The Morgan fingerprint density at radius 3 is 1.88 bits per heavy atom. The number of esters is 1. The Kier molecular flexibility index (Phi) is 5.32. The largest absolute Gasteiger partial charge is 0.493 e. The molecule has 0 radical (unpaired) electrons. The molecule has 1 aromatic rings. The molecule has 25 heavy (non-hydrogen) atoms. The number of likely N-dealkylation sites (N-methyl/N-ethyl adjacent to an activating group) is 1. The van der Waals surface area contributed by atoms with E-state index in [-0.39, 0.29) is 17.7 Å². The third-order valence-corrected chi connectivity index (χ3v) is 3.79. The van der Waals surface area contributed by atoms with Gasteiger partial charge < -0.3 is 18.7 Å². The summed E-state index contributed by atoms with van der Waals surface area (Å²) >= 11 is 0. The SMILES string of the molecule is COc1cc2c(cc1OC)C(=O)N(CC(=O)OCC[N+](C)(C)C)C2=O. The molecule has 0 spiro atoms. The molecule has 0 aromatic heterocycles. The van der Waals surface area contributed by atoms with Crippen LogP contribution in [0.5, 0.6) is 11.5 Å². The van der Waals surface area contributed by atoms with E-state index in [4.69, 9.17) is 14.2 Å². The molecule has 8 nitrogen and oxygen atoms in total. The van der Waals surface area contributed by atoms with E-state index < -0.39 is 24.3 Å². The number of hydrogen-bond acceptors (Lipinski definition) is 6. The zero-order chi connectivity index (χ0) is 18.8. The maximum absolute atomic E-state index is 12.4. The topological polar surface area (TPSA) is 82.1 Å². The Bertz CT molecular complexity index is 665. The lowest BCUT2D eigenvalue weighted by atomic mass is 10.1. The molecule has 0 saturated carbocycles. The minimum atomic E-state index is -0.623. The summed E-state index contributed by atoms with van der Waals surface area (Å²) < 4.78 is 16.0. The van der Waals surface area contributed by atoms with Gasteiger partial charge in [0, 0.05) is 0 Å². The molecule has 1 aliphatic heterocycles.